The fraction of sp³-hybridized carbons (Fsp3) is 0.240. The first kappa shape index (κ1) is 25.0. The molecule has 0 aromatic heterocycles. The monoisotopic (exact) mass is 486 g/mol. The zero-order valence-corrected chi connectivity index (χ0v) is 20.1. The minimum Gasteiger partial charge on any atom is -0.493 e. The second kappa shape index (κ2) is 11.0. The number of benzene rings is 3. The number of anilines is 1. The van der Waals surface area contributed by atoms with Crippen LogP contribution in [0.25, 0.3) is 0 Å². The molecule has 3 aromatic carbocycles. The molecule has 3 aromatic rings. The maximum absolute atomic E-state index is 13.6. The van der Waals surface area contributed by atoms with Gasteiger partial charge in [-0.3, -0.25) is 9.10 Å². The van der Waals surface area contributed by atoms with E-state index in [1.54, 1.807) is 36.4 Å². The molecule has 34 heavy (non-hydrogen) atoms. The minimum atomic E-state index is -4.11. The molecule has 0 aliphatic heterocycles. The molecule has 0 aliphatic carbocycles. The maximum atomic E-state index is 13.6. The molecule has 0 heterocycles. The number of nitrogens with zero attached hydrogens (tertiary/aromatic N) is 1. The number of hydrogen-bond acceptors (Lipinski definition) is 5. The smallest absolute Gasteiger partial charge is 0.264 e. The number of halogens is 1. The number of ether oxygens (including phenoxy) is 2. The minimum absolute atomic E-state index is 0.0372. The highest BCUT2D eigenvalue weighted by atomic mass is 32.2. The standard InChI is InChI=1S/C25H27FN2O5S/c1-18-4-10-21(11-5-18)28(17-25(29)27-15-14-19-6-8-20(26)9-7-19)34(30,31)22-12-13-23(32-2)24(16-22)33-3/h4-13,16H,14-15,17H2,1-3H3,(H,27,29). The number of methoxy groups -OCH3 is 2. The summed E-state index contributed by atoms with van der Waals surface area (Å²) in [7, 11) is -1.23. The third-order valence-electron chi connectivity index (χ3n) is 5.20. The van der Waals surface area contributed by atoms with Crippen molar-refractivity contribution < 1.29 is 27.1 Å². The Morgan fingerprint density at radius 2 is 1.59 bits per heavy atom. The van der Waals surface area contributed by atoms with Gasteiger partial charge in [-0.25, -0.2) is 12.8 Å². The van der Waals surface area contributed by atoms with Gasteiger partial charge in [-0.05, 0) is 55.3 Å². The van der Waals surface area contributed by atoms with Crippen molar-refractivity contribution in [2.75, 3.05) is 31.6 Å². The van der Waals surface area contributed by atoms with Crippen LogP contribution in [0.2, 0.25) is 0 Å². The van der Waals surface area contributed by atoms with Gasteiger partial charge in [0.15, 0.2) is 11.5 Å². The molecule has 0 unspecified atom stereocenters. The van der Waals surface area contributed by atoms with Crippen molar-refractivity contribution in [1.82, 2.24) is 5.32 Å². The van der Waals surface area contributed by atoms with Crippen molar-refractivity contribution in [1.29, 1.82) is 0 Å². The van der Waals surface area contributed by atoms with Gasteiger partial charge in [0.05, 0.1) is 24.8 Å². The molecule has 9 heteroatoms. The summed E-state index contributed by atoms with van der Waals surface area (Å²) >= 11 is 0. The fourth-order valence-corrected chi connectivity index (χ4v) is 4.75. The average Bonchev–Trinajstić information content (AvgIpc) is 2.84. The van der Waals surface area contributed by atoms with Gasteiger partial charge in [-0.1, -0.05) is 29.8 Å². The summed E-state index contributed by atoms with van der Waals surface area (Å²) in [6, 6.07) is 17.1. The Kier molecular flexibility index (Phi) is 8.12. The number of carbonyl (C=O) groups excluding carboxylic acids is 1. The van der Waals surface area contributed by atoms with E-state index in [4.69, 9.17) is 9.47 Å². The van der Waals surface area contributed by atoms with Gasteiger partial charge in [-0.15, -0.1) is 0 Å². The van der Waals surface area contributed by atoms with E-state index in [0.717, 1.165) is 15.4 Å². The summed E-state index contributed by atoms with van der Waals surface area (Å²) in [6.07, 6.45) is 0.485. The van der Waals surface area contributed by atoms with Crippen LogP contribution >= 0.6 is 0 Å². The Morgan fingerprint density at radius 3 is 2.21 bits per heavy atom. The summed E-state index contributed by atoms with van der Waals surface area (Å²) in [5.74, 6) is -0.147. The van der Waals surface area contributed by atoms with Crippen molar-refractivity contribution in [3.05, 3.63) is 83.7 Å². The number of carbonyl (C=O) groups is 1. The third kappa shape index (κ3) is 6.05. The Morgan fingerprint density at radius 1 is 0.941 bits per heavy atom. The molecule has 180 valence electrons. The van der Waals surface area contributed by atoms with Crippen LogP contribution in [0.3, 0.4) is 0 Å². The summed E-state index contributed by atoms with van der Waals surface area (Å²) < 4.78 is 51.7. The molecular weight excluding hydrogens is 459 g/mol. The molecule has 7 nitrogen and oxygen atoms in total. The lowest BCUT2D eigenvalue weighted by Crippen LogP contribution is -2.41. The molecule has 0 saturated heterocycles. The van der Waals surface area contributed by atoms with Crippen molar-refractivity contribution in [2.24, 2.45) is 0 Å². The largest absolute Gasteiger partial charge is 0.493 e. The van der Waals surface area contributed by atoms with Crippen LogP contribution in [0, 0.1) is 12.7 Å². The molecule has 0 fully saturated rings. The van der Waals surface area contributed by atoms with Crippen molar-refractivity contribution in [3.8, 4) is 11.5 Å². The highest BCUT2D eigenvalue weighted by Gasteiger charge is 2.28. The molecule has 0 atom stereocenters. The molecule has 3 rings (SSSR count). The first-order valence-electron chi connectivity index (χ1n) is 10.6. The van der Waals surface area contributed by atoms with E-state index in [9.17, 15) is 17.6 Å². The lowest BCUT2D eigenvalue weighted by Gasteiger charge is -2.24. The van der Waals surface area contributed by atoms with E-state index in [-0.39, 0.29) is 23.0 Å². The second-order valence-corrected chi connectivity index (χ2v) is 9.45. The number of sulfonamides is 1. The van der Waals surface area contributed by atoms with Gasteiger partial charge in [0, 0.05) is 12.6 Å². The number of amides is 1. The fourth-order valence-electron chi connectivity index (χ4n) is 3.31. The van der Waals surface area contributed by atoms with Crippen LogP contribution in [0.1, 0.15) is 11.1 Å². The SMILES string of the molecule is COc1ccc(S(=O)(=O)N(CC(=O)NCCc2ccc(F)cc2)c2ccc(C)cc2)cc1OC. The van der Waals surface area contributed by atoms with Crippen LogP contribution < -0.4 is 19.1 Å². The molecular formula is C25H27FN2O5S. The zero-order chi connectivity index (χ0) is 24.7. The van der Waals surface area contributed by atoms with Crippen LogP contribution in [0.15, 0.2) is 71.6 Å². The van der Waals surface area contributed by atoms with Gasteiger partial charge >= 0.3 is 0 Å². The Balaban J connectivity index is 1.82. The first-order valence-corrected chi connectivity index (χ1v) is 12.0. The number of hydrogen-bond donors (Lipinski definition) is 1. The number of aryl methyl sites for hydroxylation is 1. The molecule has 0 radical (unpaired) electrons. The van der Waals surface area contributed by atoms with Crippen molar-refractivity contribution in [3.63, 3.8) is 0 Å². The van der Waals surface area contributed by atoms with Gasteiger partial charge in [0.1, 0.15) is 12.4 Å². The maximum Gasteiger partial charge on any atom is 0.264 e. The molecule has 1 N–H and O–H groups in total. The van der Waals surface area contributed by atoms with Gasteiger partial charge < -0.3 is 14.8 Å². The van der Waals surface area contributed by atoms with E-state index in [0.29, 0.717) is 17.9 Å². The number of nitrogens with one attached hydrogen (secondary N) is 1. The van der Waals surface area contributed by atoms with Crippen molar-refractivity contribution in [2.45, 2.75) is 18.2 Å². The molecule has 0 spiro atoms. The van der Waals surface area contributed by atoms with Gasteiger partial charge in [0.25, 0.3) is 10.0 Å². The summed E-state index contributed by atoms with van der Waals surface area (Å²) in [5, 5.41) is 2.74. The van der Waals surface area contributed by atoms with E-state index in [1.165, 1.54) is 44.6 Å². The van der Waals surface area contributed by atoms with Crippen LogP contribution in [-0.2, 0) is 21.2 Å². The van der Waals surface area contributed by atoms with Crippen LogP contribution in [0.5, 0.6) is 11.5 Å². The second-order valence-electron chi connectivity index (χ2n) is 7.59. The van der Waals surface area contributed by atoms with E-state index >= 15 is 0 Å². The van der Waals surface area contributed by atoms with E-state index in [2.05, 4.69) is 5.32 Å². The molecule has 0 aliphatic rings. The average molecular weight is 487 g/mol. The Hall–Kier alpha value is -3.59. The number of rotatable bonds is 10. The topological polar surface area (TPSA) is 84.9 Å². The van der Waals surface area contributed by atoms with E-state index in [1.807, 2.05) is 6.92 Å². The third-order valence-corrected chi connectivity index (χ3v) is 6.97. The predicted molar refractivity (Wildman–Crippen MR) is 128 cm³/mol. The summed E-state index contributed by atoms with van der Waals surface area (Å²) in [4.78, 5) is 12.7. The lowest BCUT2D eigenvalue weighted by atomic mass is 10.1. The predicted octanol–water partition coefficient (Wildman–Crippen LogP) is 3.71. The molecule has 0 bridgehead atoms. The lowest BCUT2D eigenvalue weighted by molar-refractivity contribution is -0.119. The molecule has 1 amide bonds. The summed E-state index contributed by atoms with van der Waals surface area (Å²) in [6.45, 7) is 1.75. The first-order chi connectivity index (χ1) is 16.2. The highest BCUT2D eigenvalue weighted by Crippen LogP contribution is 2.32. The summed E-state index contributed by atoms with van der Waals surface area (Å²) in [5.41, 5.74) is 2.17. The van der Waals surface area contributed by atoms with Crippen LogP contribution in [0.4, 0.5) is 10.1 Å². The van der Waals surface area contributed by atoms with E-state index < -0.39 is 22.5 Å². The van der Waals surface area contributed by atoms with Gasteiger partial charge in [-0.2, -0.15) is 0 Å². The van der Waals surface area contributed by atoms with Gasteiger partial charge in [0.2, 0.25) is 5.91 Å². The van der Waals surface area contributed by atoms with Crippen LogP contribution in [-0.4, -0.2) is 41.6 Å². The molecule has 0 saturated carbocycles. The zero-order valence-electron chi connectivity index (χ0n) is 19.2. The van der Waals surface area contributed by atoms with Crippen molar-refractivity contribution >= 4 is 21.6 Å². The Bertz CT molecular complexity index is 1230. The normalized spacial score (nSPS) is 11.1. The highest BCUT2D eigenvalue weighted by molar-refractivity contribution is 7.92. The Labute approximate surface area is 199 Å². The quantitative estimate of drug-likeness (QED) is 0.472.